The Kier molecular flexibility index (Phi) is 4.73. The zero-order valence-electron chi connectivity index (χ0n) is 13.5. The van der Waals surface area contributed by atoms with Gasteiger partial charge in [-0.1, -0.05) is 37.3 Å². The molecule has 0 saturated heterocycles. The van der Waals surface area contributed by atoms with Crippen molar-refractivity contribution >= 4 is 0 Å². The van der Waals surface area contributed by atoms with E-state index in [1.165, 1.54) is 0 Å². The van der Waals surface area contributed by atoms with Crippen molar-refractivity contribution in [1.29, 1.82) is 0 Å². The fourth-order valence-electron chi connectivity index (χ4n) is 1.97. The average Bonchev–Trinajstić information content (AvgIpc) is 2.94. The van der Waals surface area contributed by atoms with Gasteiger partial charge in [0.25, 0.3) is 0 Å². The molecule has 0 saturated carbocycles. The van der Waals surface area contributed by atoms with E-state index in [9.17, 15) is 0 Å². The molecule has 1 heterocycles. The first kappa shape index (κ1) is 15.6. The Bertz CT molecular complexity index is 556. The number of hydrogen-bond donors (Lipinski definition) is 1. The van der Waals surface area contributed by atoms with Crippen LogP contribution in [0.1, 0.15) is 40.7 Å². The van der Waals surface area contributed by atoms with Gasteiger partial charge in [0, 0.05) is 17.6 Å². The summed E-state index contributed by atoms with van der Waals surface area (Å²) in [5.74, 6) is 1.10. The Morgan fingerprint density at radius 2 is 1.81 bits per heavy atom. The SMILES string of the molecule is CC(CNC(C)(C)C)C(C)n1nnc(-c2ccccc2)n1. The van der Waals surface area contributed by atoms with E-state index in [1.807, 2.05) is 30.3 Å². The van der Waals surface area contributed by atoms with E-state index < -0.39 is 0 Å². The van der Waals surface area contributed by atoms with Crippen molar-refractivity contribution < 1.29 is 0 Å². The Balaban J connectivity index is 2.03. The summed E-state index contributed by atoms with van der Waals surface area (Å²) < 4.78 is 0. The van der Waals surface area contributed by atoms with E-state index in [2.05, 4.69) is 55.3 Å². The fourth-order valence-corrected chi connectivity index (χ4v) is 1.97. The van der Waals surface area contributed by atoms with E-state index in [1.54, 1.807) is 4.80 Å². The van der Waals surface area contributed by atoms with Gasteiger partial charge in [0.05, 0.1) is 6.04 Å². The normalized spacial score (nSPS) is 14.9. The molecule has 1 N–H and O–H groups in total. The lowest BCUT2D eigenvalue weighted by molar-refractivity contribution is 0.280. The van der Waals surface area contributed by atoms with Crippen molar-refractivity contribution in [2.45, 2.75) is 46.2 Å². The quantitative estimate of drug-likeness (QED) is 0.918. The molecule has 5 heteroatoms. The van der Waals surface area contributed by atoms with Crippen LogP contribution in [0.3, 0.4) is 0 Å². The lowest BCUT2D eigenvalue weighted by atomic mass is 10.0. The number of nitrogens with zero attached hydrogens (tertiary/aromatic N) is 4. The van der Waals surface area contributed by atoms with Crippen LogP contribution in [-0.2, 0) is 0 Å². The van der Waals surface area contributed by atoms with Gasteiger partial charge in [0.2, 0.25) is 5.82 Å². The molecule has 114 valence electrons. The smallest absolute Gasteiger partial charge is 0.204 e. The minimum absolute atomic E-state index is 0.124. The minimum atomic E-state index is 0.124. The van der Waals surface area contributed by atoms with Crippen molar-refractivity contribution in [3.8, 4) is 11.4 Å². The summed E-state index contributed by atoms with van der Waals surface area (Å²) in [5, 5.41) is 16.4. The first-order valence-corrected chi connectivity index (χ1v) is 7.47. The summed E-state index contributed by atoms with van der Waals surface area (Å²) >= 11 is 0. The third-order valence-electron chi connectivity index (χ3n) is 3.60. The number of hydrogen-bond acceptors (Lipinski definition) is 4. The molecule has 2 unspecified atom stereocenters. The standard InChI is InChI=1S/C16H25N5/c1-12(11-17-16(3,4)5)13(2)21-19-15(18-20-21)14-9-7-6-8-10-14/h6-10,12-13,17H,11H2,1-5H3. The molecule has 1 aromatic carbocycles. The highest BCUT2D eigenvalue weighted by Gasteiger charge is 2.19. The number of rotatable bonds is 5. The molecule has 2 atom stereocenters. The molecule has 2 rings (SSSR count). The highest BCUT2D eigenvalue weighted by atomic mass is 15.6. The second-order valence-corrected chi connectivity index (χ2v) is 6.65. The first-order chi connectivity index (χ1) is 9.87. The number of benzene rings is 1. The lowest BCUT2D eigenvalue weighted by Crippen LogP contribution is -2.40. The van der Waals surface area contributed by atoms with Crippen LogP contribution in [0.15, 0.2) is 30.3 Å². The highest BCUT2D eigenvalue weighted by Crippen LogP contribution is 2.18. The summed E-state index contributed by atoms with van der Waals surface area (Å²) in [6.45, 7) is 11.8. The van der Waals surface area contributed by atoms with Crippen LogP contribution < -0.4 is 5.32 Å². The first-order valence-electron chi connectivity index (χ1n) is 7.47. The summed E-state index contributed by atoms with van der Waals surface area (Å²) in [7, 11) is 0. The largest absolute Gasteiger partial charge is 0.312 e. The molecular weight excluding hydrogens is 262 g/mol. The molecule has 0 radical (unpaired) electrons. The number of nitrogens with one attached hydrogen (secondary N) is 1. The molecule has 2 aromatic rings. The van der Waals surface area contributed by atoms with Gasteiger partial charge in [-0.25, -0.2) is 0 Å². The van der Waals surface area contributed by atoms with Gasteiger partial charge < -0.3 is 5.32 Å². The van der Waals surface area contributed by atoms with Gasteiger partial charge in [0.15, 0.2) is 0 Å². The maximum Gasteiger partial charge on any atom is 0.204 e. The van der Waals surface area contributed by atoms with Crippen molar-refractivity contribution in [3.05, 3.63) is 30.3 Å². The van der Waals surface area contributed by atoms with Crippen LogP contribution in [-0.4, -0.2) is 32.3 Å². The van der Waals surface area contributed by atoms with Gasteiger partial charge in [-0.15, -0.1) is 10.2 Å². The van der Waals surface area contributed by atoms with E-state index in [-0.39, 0.29) is 11.6 Å². The molecule has 0 fully saturated rings. The molecule has 0 aliphatic heterocycles. The topological polar surface area (TPSA) is 55.6 Å². The zero-order valence-corrected chi connectivity index (χ0v) is 13.5. The average molecular weight is 287 g/mol. The van der Waals surface area contributed by atoms with Gasteiger partial charge >= 0.3 is 0 Å². The van der Waals surface area contributed by atoms with Gasteiger partial charge in [-0.2, -0.15) is 4.80 Å². The number of tetrazole rings is 1. The summed E-state index contributed by atoms with van der Waals surface area (Å²) in [4.78, 5) is 1.72. The van der Waals surface area contributed by atoms with Crippen LogP contribution >= 0.6 is 0 Å². The fraction of sp³-hybridized carbons (Fsp3) is 0.562. The Morgan fingerprint density at radius 1 is 1.14 bits per heavy atom. The van der Waals surface area contributed by atoms with Crippen LogP contribution in [0.25, 0.3) is 11.4 Å². The minimum Gasteiger partial charge on any atom is -0.312 e. The van der Waals surface area contributed by atoms with Gasteiger partial charge in [-0.3, -0.25) is 0 Å². The maximum atomic E-state index is 4.51. The van der Waals surface area contributed by atoms with E-state index >= 15 is 0 Å². The Morgan fingerprint density at radius 3 is 2.43 bits per heavy atom. The molecular formula is C16H25N5. The molecule has 0 bridgehead atoms. The Hall–Kier alpha value is -1.75. The van der Waals surface area contributed by atoms with Crippen molar-refractivity contribution in [2.24, 2.45) is 5.92 Å². The summed E-state index contributed by atoms with van der Waals surface area (Å²) in [6, 6.07) is 10.1. The van der Waals surface area contributed by atoms with Crippen LogP contribution in [0.4, 0.5) is 0 Å². The molecule has 0 aliphatic rings. The summed E-state index contributed by atoms with van der Waals surface area (Å²) in [5.41, 5.74) is 1.12. The van der Waals surface area contributed by atoms with Gasteiger partial charge in [-0.05, 0) is 38.8 Å². The monoisotopic (exact) mass is 287 g/mol. The van der Waals surface area contributed by atoms with Crippen LogP contribution in [0.2, 0.25) is 0 Å². The second-order valence-electron chi connectivity index (χ2n) is 6.65. The third kappa shape index (κ3) is 4.36. The number of aromatic nitrogens is 4. The zero-order chi connectivity index (χ0) is 15.5. The molecule has 5 nitrogen and oxygen atoms in total. The predicted molar refractivity (Wildman–Crippen MR) is 84.9 cm³/mol. The molecule has 0 amide bonds. The van der Waals surface area contributed by atoms with E-state index in [0.29, 0.717) is 11.7 Å². The molecule has 0 spiro atoms. The van der Waals surface area contributed by atoms with E-state index in [0.717, 1.165) is 12.1 Å². The second kappa shape index (κ2) is 6.35. The van der Waals surface area contributed by atoms with Crippen molar-refractivity contribution in [1.82, 2.24) is 25.5 Å². The Labute approximate surface area is 126 Å². The van der Waals surface area contributed by atoms with Crippen LogP contribution in [0, 0.1) is 5.92 Å². The third-order valence-corrected chi connectivity index (χ3v) is 3.60. The van der Waals surface area contributed by atoms with Gasteiger partial charge in [0.1, 0.15) is 0 Å². The van der Waals surface area contributed by atoms with Crippen molar-refractivity contribution in [2.75, 3.05) is 6.54 Å². The molecule has 0 aliphatic carbocycles. The molecule has 21 heavy (non-hydrogen) atoms. The molecule has 1 aromatic heterocycles. The predicted octanol–water partition coefficient (Wildman–Crippen LogP) is 2.93. The lowest BCUT2D eigenvalue weighted by Gasteiger charge is -2.25. The van der Waals surface area contributed by atoms with Crippen LogP contribution in [0.5, 0.6) is 0 Å². The van der Waals surface area contributed by atoms with Crippen molar-refractivity contribution in [3.63, 3.8) is 0 Å². The summed E-state index contributed by atoms with van der Waals surface area (Å²) in [6.07, 6.45) is 0. The van der Waals surface area contributed by atoms with E-state index in [4.69, 9.17) is 0 Å². The maximum absolute atomic E-state index is 4.51. The highest BCUT2D eigenvalue weighted by molar-refractivity contribution is 5.52.